The molecule has 1 aromatic carbocycles. The maximum absolute atomic E-state index is 9.56. The second-order valence-electron chi connectivity index (χ2n) is 3.57. The number of aliphatic hydroxyl groups is 2. The van der Waals surface area contributed by atoms with Crippen molar-refractivity contribution in [1.82, 2.24) is 5.32 Å². The van der Waals surface area contributed by atoms with Crippen molar-refractivity contribution in [3.63, 3.8) is 0 Å². The molecule has 0 aliphatic rings. The molecule has 3 N–H and O–H groups in total. The summed E-state index contributed by atoms with van der Waals surface area (Å²) in [6.07, 6.45) is -0.604. The van der Waals surface area contributed by atoms with E-state index < -0.39 is 6.10 Å². The number of ether oxygens (including phenoxy) is 2. The Hall–Kier alpha value is -1.30. The topological polar surface area (TPSA) is 71.0 Å². The third-order valence-electron chi connectivity index (χ3n) is 2.15. The van der Waals surface area contributed by atoms with Crippen LogP contribution in [0.2, 0.25) is 0 Å². The molecule has 5 nitrogen and oxygen atoms in total. The zero-order chi connectivity index (χ0) is 12.5. The minimum Gasteiger partial charge on any atom is -0.497 e. The van der Waals surface area contributed by atoms with Gasteiger partial charge in [0.25, 0.3) is 0 Å². The van der Waals surface area contributed by atoms with Crippen LogP contribution in [0.3, 0.4) is 0 Å². The first kappa shape index (κ1) is 13.8. The van der Waals surface area contributed by atoms with Crippen molar-refractivity contribution < 1.29 is 19.7 Å². The van der Waals surface area contributed by atoms with Gasteiger partial charge in [-0.2, -0.15) is 0 Å². The lowest BCUT2D eigenvalue weighted by atomic mass is 10.3. The molecule has 0 aromatic heterocycles. The summed E-state index contributed by atoms with van der Waals surface area (Å²) in [6, 6.07) is 7.21. The molecule has 0 heterocycles. The highest BCUT2D eigenvalue weighted by atomic mass is 16.5. The predicted octanol–water partition coefficient (Wildman–Crippen LogP) is 0.0168. The average molecular weight is 241 g/mol. The lowest BCUT2D eigenvalue weighted by Crippen LogP contribution is -2.32. The summed E-state index contributed by atoms with van der Waals surface area (Å²) in [7, 11) is 1.59. The van der Waals surface area contributed by atoms with Gasteiger partial charge in [-0.15, -0.1) is 0 Å². The highest BCUT2D eigenvalue weighted by molar-refractivity contribution is 5.32. The second-order valence-corrected chi connectivity index (χ2v) is 3.57. The van der Waals surface area contributed by atoms with Gasteiger partial charge in [0.2, 0.25) is 0 Å². The van der Waals surface area contributed by atoms with E-state index >= 15 is 0 Å². The van der Waals surface area contributed by atoms with E-state index in [4.69, 9.17) is 14.6 Å². The summed E-state index contributed by atoms with van der Waals surface area (Å²) < 4.78 is 10.5. The van der Waals surface area contributed by atoms with Gasteiger partial charge in [-0.25, -0.2) is 0 Å². The molecule has 1 aromatic rings. The van der Waals surface area contributed by atoms with Crippen LogP contribution in [0.15, 0.2) is 24.3 Å². The van der Waals surface area contributed by atoms with Crippen molar-refractivity contribution in [2.24, 2.45) is 0 Å². The van der Waals surface area contributed by atoms with E-state index in [2.05, 4.69) is 5.32 Å². The van der Waals surface area contributed by atoms with Crippen molar-refractivity contribution in [1.29, 1.82) is 0 Å². The highest BCUT2D eigenvalue weighted by Gasteiger charge is 2.04. The van der Waals surface area contributed by atoms with Gasteiger partial charge in [-0.05, 0) is 12.1 Å². The van der Waals surface area contributed by atoms with Crippen LogP contribution in [-0.4, -0.2) is 49.7 Å². The normalized spacial score (nSPS) is 12.2. The molecule has 1 atom stereocenters. The fourth-order valence-corrected chi connectivity index (χ4v) is 1.29. The zero-order valence-electron chi connectivity index (χ0n) is 9.93. The number of benzene rings is 1. The maximum atomic E-state index is 9.56. The molecule has 17 heavy (non-hydrogen) atoms. The summed E-state index contributed by atoms with van der Waals surface area (Å²) in [5, 5.41) is 21.0. The number of hydrogen-bond donors (Lipinski definition) is 3. The second kappa shape index (κ2) is 7.89. The van der Waals surface area contributed by atoms with Gasteiger partial charge in [0.1, 0.15) is 24.2 Å². The van der Waals surface area contributed by atoms with Crippen LogP contribution in [0.4, 0.5) is 0 Å². The molecule has 0 aliphatic heterocycles. The maximum Gasteiger partial charge on any atom is 0.123 e. The minimum atomic E-state index is -0.604. The lowest BCUT2D eigenvalue weighted by Gasteiger charge is -2.13. The van der Waals surface area contributed by atoms with Crippen molar-refractivity contribution in [2.45, 2.75) is 6.10 Å². The average Bonchev–Trinajstić information content (AvgIpc) is 2.37. The Morgan fingerprint density at radius 3 is 2.82 bits per heavy atom. The third-order valence-corrected chi connectivity index (χ3v) is 2.15. The lowest BCUT2D eigenvalue weighted by molar-refractivity contribution is 0.105. The highest BCUT2D eigenvalue weighted by Crippen LogP contribution is 2.18. The van der Waals surface area contributed by atoms with Crippen LogP contribution in [0.5, 0.6) is 11.5 Å². The number of methoxy groups -OCH3 is 1. The summed E-state index contributed by atoms with van der Waals surface area (Å²) in [5.41, 5.74) is 0. The summed E-state index contributed by atoms with van der Waals surface area (Å²) in [6.45, 7) is 1.12. The first-order valence-electron chi connectivity index (χ1n) is 5.52. The Labute approximate surface area is 101 Å². The van der Waals surface area contributed by atoms with Gasteiger partial charge in [-0.3, -0.25) is 0 Å². The van der Waals surface area contributed by atoms with Gasteiger partial charge in [0, 0.05) is 19.2 Å². The smallest absolute Gasteiger partial charge is 0.123 e. The van der Waals surface area contributed by atoms with E-state index in [9.17, 15) is 5.11 Å². The first-order chi connectivity index (χ1) is 8.26. The summed E-state index contributed by atoms with van der Waals surface area (Å²) >= 11 is 0. The molecule has 0 aliphatic carbocycles. The molecule has 1 unspecified atom stereocenters. The Kier molecular flexibility index (Phi) is 6.39. The Balaban J connectivity index is 2.28. The van der Waals surface area contributed by atoms with Crippen molar-refractivity contribution in [2.75, 3.05) is 33.4 Å². The van der Waals surface area contributed by atoms with Crippen molar-refractivity contribution in [3.8, 4) is 11.5 Å². The van der Waals surface area contributed by atoms with E-state index in [1.54, 1.807) is 19.2 Å². The molecule has 5 heteroatoms. The van der Waals surface area contributed by atoms with Crippen LogP contribution in [0.25, 0.3) is 0 Å². The molecule has 0 spiro atoms. The fraction of sp³-hybridized carbons (Fsp3) is 0.500. The molecule has 0 saturated heterocycles. The Morgan fingerprint density at radius 2 is 2.12 bits per heavy atom. The minimum absolute atomic E-state index is 0.0590. The first-order valence-corrected chi connectivity index (χ1v) is 5.52. The van der Waals surface area contributed by atoms with Gasteiger partial charge < -0.3 is 25.0 Å². The SMILES string of the molecule is COc1cccc(OCC(O)CNCCO)c1. The van der Waals surface area contributed by atoms with Gasteiger partial charge >= 0.3 is 0 Å². The molecule has 0 saturated carbocycles. The van der Waals surface area contributed by atoms with Gasteiger partial charge in [0.05, 0.1) is 13.7 Å². The van der Waals surface area contributed by atoms with E-state index in [1.807, 2.05) is 12.1 Å². The molecule has 1 rings (SSSR count). The fourth-order valence-electron chi connectivity index (χ4n) is 1.29. The van der Waals surface area contributed by atoms with Crippen molar-refractivity contribution >= 4 is 0 Å². The third kappa shape index (κ3) is 5.53. The molecule has 0 amide bonds. The number of nitrogens with one attached hydrogen (secondary N) is 1. The monoisotopic (exact) mass is 241 g/mol. The molecule has 0 radical (unpaired) electrons. The van der Waals surface area contributed by atoms with E-state index in [0.29, 0.717) is 18.8 Å². The van der Waals surface area contributed by atoms with E-state index in [0.717, 1.165) is 5.75 Å². The van der Waals surface area contributed by atoms with E-state index in [1.165, 1.54) is 0 Å². The summed E-state index contributed by atoms with van der Waals surface area (Å²) in [5.74, 6) is 1.38. The molecule has 0 bridgehead atoms. The number of rotatable bonds is 8. The molecular weight excluding hydrogens is 222 g/mol. The van der Waals surface area contributed by atoms with Gasteiger partial charge in [-0.1, -0.05) is 6.07 Å². The van der Waals surface area contributed by atoms with Crippen LogP contribution < -0.4 is 14.8 Å². The van der Waals surface area contributed by atoms with Gasteiger partial charge in [0.15, 0.2) is 0 Å². The van der Waals surface area contributed by atoms with Crippen LogP contribution in [0, 0.1) is 0 Å². The van der Waals surface area contributed by atoms with Crippen LogP contribution in [-0.2, 0) is 0 Å². The van der Waals surface area contributed by atoms with Crippen LogP contribution in [0.1, 0.15) is 0 Å². The largest absolute Gasteiger partial charge is 0.497 e. The zero-order valence-corrected chi connectivity index (χ0v) is 9.93. The Morgan fingerprint density at radius 1 is 1.35 bits per heavy atom. The molecular formula is C12H19NO4. The molecule has 0 fully saturated rings. The van der Waals surface area contributed by atoms with E-state index in [-0.39, 0.29) is 13.2 Å². The molecule has 96 valence electrons. The quantitative estimate of drug-likeness (QED) is 0.560. The standard InChI is InChI=1S/C12H19NO4/c1-16-11-3-2-4-12(7-11)17-9-10(15)8-13-5-6-14/h2-4,7,10,13-15H,5-6,8-9H2,1H3. The van der Waals surface area contributed by atoms with Crippen LogP contribution >= 0.6 is 0 Å². The van der Waals surface area contributed by atoms with Crippen molar-refractivity contribution in [3.05, 3.63) is 24.3 Å². The summed E-state index contributed by atoms with van der Waals surface area (Å²) in [4.78, 5) is 0. The predicted molar refractivity (Wildman–Crippen MR) is 64.5 cm³/mol. The number of hydrogen-bond acceptors (Lipinski definition) is 5. The Bertz CT molecular complexity index is 319. The number of aliphatic hydroxyl groups excluding tert-OH is 2.